The van der Waals surface area contributed by atoms with Crippen LogP contribution in [0.3, 0.4) is 0 Å². The Kier molecular flexibility index (Phi) is 4.10. The molecule has 0 aromatic heterocycles. The van der Waals surface area contributed by atoms with Crippen LogP contribution in [0, 0.1) is 10.1 Å². The van der Waals surface area contributed by atoms with E-state index in [4.69, 9.17) is 0 Å². The lowest BCUT2D eigenvalue weighted by Gasteiger charge is -2.22. The fourth-order valence-corrected chi connectivity index (χ4v) is 3.12. The summed E-state index contributed by atoms with van der Waals surface area (Å²) in [6, 6.07) is 12.0. The van der Waals surface area contributed by atoms with Crippen LogP contribution >= 0.6 is 0 Å². The Morgan fingerprint density at radius 2 is 1.96 bits per heavy atom. The molecule has 1 amide bonds. The van der Waals surface area contributed by atoms with E-state index in [-0.39, 0.29) is 11.3 Å². The Balaban J connectivity index is 1.97. The highest BCUT2D eigenvalue weighted by molar-refractivity contribution is 6.10. The van der Waals surface area contributed by atoms with Gasteiger partial charge in [0.2, 0.25) is 0 Å². The first-order valence-electron chi connectivity index (χ1n) is 7.80. The predicted molar refractivity (Wildman–Crippen MR) is 90.4 cm³/mol. The summed E-state index contributed by atoms with van der Waals surface area (Å²) in [6.45, 7) is 2.14. The van der Waals surface area contributed by atoms with Gasteiger partial charge in [-0.05, 0) is 13.0 Å². The number of carbonyl (C=O) groups is 2. The molecule has 0 unspecified atom stereocenters. The third kappa shape index (κ3) is 2.68. The number of nitrogens with zero attached hydrogens (tertiary/aromatic N) is 2. The van der Waals surface area contributed by atoms with Gasteiger partial charge in [0.15, 0.2) is 11.4 Å². The van der Waals surface area contributed by atoms with Crippen molar-refractivity contribution in [1.82, 2.24) is 0 Å². The van der Waals surface area contributed by atoms with Gasteiger partial charge in [0.1, 0.15) is 0 Å². The molecule has 1 aliphatic heterocycles. The van der Waals surface area contributed by atoms with Crippen molar-refractivity contribution in [1.29, 1.82) is 0 Å². The van der Waals surface area contributed by atoms with Crippen molar-refractivity contribution in [3.63, 3.8) is 0 Å². The molecule has 0 fully saturated rings. The number of ketones is 1. The second-order valence-corrected chi connectivity index (χ2v) is 5.83. The lowest BCUT2D eigenvalue weighted by atomic mass is 9.88. The van der Waals surface area contributed by atoms with Gasteiger partial charge >= 0.3 is 0 Å². The maximum atomic E-state index is 12.7. The van der Waals surface area contributed by atoms with E-state index in [0.717, 1.165) is 6.07 Å². The van der Waals surface area contributed by atoms with Gasteiger partial charge < -0.3 is 10.0 Å². The fraction of sp³-hybridized carbons (Fsp3) is 0.222. The Labute approximate surface area is 143 Å². The van der Waals surface area contributed by atoms with Crippen LogP contribution in [0.25, 0.3) is 0 Å². The zero-order valence-corrected chi connectivity index (χ0v) is 13.5. The molecule has 0 aliphatic carbocycles. The van der Waals surface area contributed by atoms with Crippen LogP contribution in [0.2, 0.25) is 0 Å². The van der Waals surface area contributed by atoms with Crippen LogP contribution in [-0.2, 0) is 10.4 Å². The second kappa shape index (κ2) is 6.10. The lowest BCUT2D eigenvalue weighted by Crippen LogP contribution is -2.41. The minimum Gasteiger partial charge on any atom is -0.375 e. The highest BCUT2D eigenvalue weighted by atomic mass is 16.6. The van der Waals surface area contributed by atoms with Crippen molar-refractivity contribution in [3.8, 4) is 0 Å². The summed E-state index contributed by atoms with van der Waals surface area (Å²) in [7, 11) is 0. The Hall–Kier alpha value is -3.06. The number of amides is 1. The average molecular weight is 340 g/mol. The van der Waals surface area contributed by atoms with Crippen molar-refractivity contribution >= 4 is 23.1 Å². The van der Waals surface area contributed by atoms with Crippen LogP contribution in [0.5, 0.6) is 0 Å². The number of Topliss-reactive ketones (excluding diaryl/α,β-unsaturated/α-hetero) is 1. The molecule has 7 heteroatoms. The fourth-order valence-electron chi connectivity index (χ4n) is 3.12. The topological polar surface area (TPSA) is 101 Å². The lowest BCUT2D eigenvalue weighted by molar-refractivity contribution is -0.384. The van der Waals surface area contributed by atoms with Crippen molar-refractivity contribution < 1.29 is 19.6 Å². The molecule has 128 valence electrons. The number of fused-ring (bicyclic) bond motifs is 1. The molecule has 0 spiro atoms. The van der Waals surface area contributed by atoms with Crippen LogP contribution in [0.15, 0.2) is 48.5 Å². The number of nitro groups is 1. The van der Waals surface area contributed by atoms with E-state index in [2.05, 4.69) is 0 Å². The smallest absolute Gasteiger partial charge is 0.270 e. The number of nitro benzene ring substituents is 1. The molecule has 0 saturated carbocycles. The summed E-state index contributed by atoms with van der Waals surface area (Å²) in [5.74, 6) is -1.10. The number of para-hydroxylation sites is 1. The average Bonchev–Trinajstić information content (AvgIpc) is 2.82. The summed E-state index contributed by atoms with van der Waals surface area (Å²) in [6.07, 6.45) is -0.472. The molecule has 0 saturated heterocycles. The first kappa shape index (κ1) is 16.8. The van der Waals surface area contributed by atoms with Gasteiger partial charge in [-0.3, -0.25) is 19.7 Å². The molecular weight excluding hydrogens is 324 g/mol. The zero-order chi connectivity index (χ0) is 18.2. The van der Waals surface area contributed by atoms with E-state index in [0.29, 0.717) is 17.8 Å². The number of hydrogen-bond donors (Lipinski definition) is 1. The molecule has 1 atom stereocenters. The standard InChI is InChI=1S/C18H16N2O5/c1-2-19-15-9-4-3-8-14(15)18(23,17(19)22)11-16(21)12-6-5-7-13(10-12)20(24)25/h3-10,23H,2,11H2,1H3/t18-/m1/s1. The monoisotopic (exact) mass is 340 g/mol. The Bertz CT molecular complexity index is 879. The first-order valence-corrected chi connectivity index (χ1v) is 7.80. The van der Waals surface area contributed by atoms with Crippen LogP contribution < -0.4 is 4.90 Å². The molecule has 1 aliphatic rings. The summed E-state index contributed by atoms with van der Waals surface area (Å²) in [5.41, 5.74) is -1.15. The van der Waals surface area contributed by atoms with E-state index < -0.39 is 28.6 Å². The van der Waals surface area contributed by atoms with Gasteiger partial charge in [-0.2, -0.15) is 0 Å². The molecule has 2 aromatic rings. The van der Waals surface area contributed by atoms with Gasteiger partial charge in [0.25, 0.3) is 11.6 Å². The molecular formula is C18H16N2O5. The molecule has 0 bridgehead atoms. The Morgan fingerprint density at radius 3 is 2.64 bits per heavy atom. The maximum Gasteiger partial charge on any atom is 0.270 e. The molecule has 3 rings (SSSR count). The predicted octanol–water partition coefficient (Wildman–Crippen LogP) is 2.42. The number of benzene rings is 2. The van der Waals surface area contributed by atoms with Crippen molar-refractivity contribution in [2.75, 3.05) is 11.4 Å². The molecule has 2 aromatic carbocycles. The Morgan fingerprint density at radius 1 is 1.24 bits per heavy atom. The maximum absolute atomic E-state index is 12.7. The highest BCUT2D eigenvalue weighted by Crippen LogP contribution is 2.42. The minimum absolute atomic E-state index is 0.0860. The summed E-state index contributed by atoms with van der Waals surface area (Å²) in [4.78, 5) is 36.9. The first-order chi connectivity index (χ1) is 11.9. The molecule has 7 nitrogen and oxygen atoms in total. The normalized spacial score (nSPS) is 19.0. The second-order valence-electron chi connectivity index (χ2n) is 5.83. The number of likely N-dealkylation sites (N-methyl/N-ethyl adjacent to an activating group) is 1. The number of aliphatic hydroxyl groups is 1. The van der Waals surface area contributed by atoms with Gasteiger partial charge in [-0.15, -0.1) is 0 Å². The van der Waals surface area contributed by atoms with Gasteiger partial charge in [0, 0.05) is 29.8 Å². The molecule has 0 radical (unpaired) electrons. The minimum atomic E-state index is -1.96. The van der Waals surface area contributed by atoms with Crippen LogP contribution in [0.4, 0.5) is 11.4 Å². The van der Waals surface area contributed by atoms with Crippen LogP contribution in [-0.4, -0.2) is 28.3 Å². The SMILES string of the molecule is CCN1C(=O)[C@@](O)(CC(=O)c2cccc([N+](=O)[O-])c2)c2ccccc21. The van der Waals surface area contributed by atoms with Gasteiger partial charge in [-0.1, -0.05) is 30.3 Å². The highest BCUT2D eigenvalue weighted by Gasteiger charge is 2.50. The number of rotatable bonds is 5. The summed E-state index contributed by atoms with van der Waals surface area (Å²) >= 11 is 0. The van der Waals surface area contributed by atoms with E-state index in [9.17, 15) is 24.8 Å². The summed E-state index contributed by atoms with van der Waals surface area (Å²) in [5, 5.41) is 21.8. The summed E-state index contributed by atoms with van der Waals surface area (Å²) < 4.78 is 0. The molecule has 25 heavy (non-hydrogen) atoms. The van der Waals surface area contributed by atoms with Crippen LogP contribution in [0.1, 0.15) is 29.3 Å². The number of hydrogen-bond acceptors (Lipinski definition) is 5. The number of anilines is 1. The van der Waals surface area contributed by atoms with Crippen molar-refractivity contribution in [3.05, 3.63) is 69.8 Å². The third-order valence-corrected chi connectivity index (χ3v) is 4.35. The van der Waals surface area contributed by atoms with Gasteiger partial charge in [0.05, 0.1) is 17.0 Å². The molecule has 1 heterocycles. The molecule has 1 N–H and O–H groups in total. The number of carbonyl (C=O) groups excluding carboxylic acids is 2. The van der Waals surface area contributed by atoms with E-state index in [1.807, 2.05) is 0 Å². The van der Waals surface area contributed by atoms with E-state index in [1.54, 1.807) is 31.2 Å². The third-order valence-electron chi connectivity index (χ3n) is 4.35. The van der Waals surface area contributed by atoms with E-state index in [1.165, 1.54) is 23.1 Å². The quantitative estimate of drug-likeness (QED) is 0.512. The van der Waals surface area contributed by atoms with Crippen molar-refractivity contribution in [2.24, 2.45) is 0 Å². The van der Waals surface area contributed by atoms with Gasteiger partial charge in [-0.25, -0.2) is 0 Å². The zero-order valence-electron chi connectivity index (χ0n) is 13.5. The largest absolute Gasteiger partial charge is 0.375 e. The van der Waals surface area contributed by atoms with E-state index >= 15 is 0 Å². The van der Waals surface area contributed by atoms with Crippen molar-refractivity contribution in [2.45, 2.75) is 18.9 Å². The number of non-ortho nitro benzene ring substituents is 1.